The van der Waals surface area contributed by atoms with Gasteiger partial charge in [0.05, 0.1) is 0 Å². The average molecular weight is 243 g/mol. The monoisotopic (exact) mass is 243 g/mol. The second-order valence-corrected chi connectivity index (χ2v) is 4.15. The van der Waals surface area contributed by atoms with Crippen molar-refractivity contribution >= 4 is 11.8 Å². The molecule has 0 aromatic heterocycles. The van der Waals surface area contributed by atoms with Gasteiger partial charge in [-0.05, 0) is 23.2 Å². The molecule has 5 nitrogen and oxygen atoms in total. The number of benzene rings is 1. The van der Waals surface area contributed by atoms with Gasteiger partial charge in [0.1, 0.15) is 0 Å². The zero-order valence-corrected chi connectivity index (χ0v) is 10.3. The minimum Gasteiger partial charge on any atom is -0.369 e. The van der Waals surface area contributed by atoms with Crippen LogP contribution in [0.15, 0.2) is 35.5 Å². The van der Waals surface area contributed by atoms with Crippen molar-refractivity contribution in [1.29, 1.82) is 0 Å². The molecule has 0 atom stereocenters. The lowest BCUT2D eigenvalue weighted by molar-refractivity contribution is 0.589. The summed E-state index contributed by atoms with van der Waals surface area (Å²) in [5.41, 5.74) is 10.6. The maximum Gasteiger partial charge on any atom is 0.0443 e. The van der Waals surface area contributed by atoms with Crippen LogP contribution in [-0.4, -0.2) is 32.7 Å². The van der Waals surface area contributed by atoms with Crippen molar-refractivity contribution in [3.8, 4) is 0 Å². The first-order valence-electron chi connectivity index (χ1n) is 6.13. The molecular weight excluding hydrogens is 226 g/mol. The van der Waals surface area contributed by atoms with Crippen molar-refractivity contribution in [1.82, 2.24) is 5.32 Å². The summed E-state index contributed by atoms with van der Waals surface area (Å²) in [5.74, 6) is 0. The summed E-state index contributed by atoms with van der Waals surface area (Å²) in [6.45, 7) is 4.57. The van der Waals surface area contributed by atoms with Crippen LogP contribution in [0.25, 0.3) is 16.5 Å². The van der Waals surface area contributed by atoms with Gasteiger partial charge in [0.25, 0.3) is 0 Å². The molecule has 1 aliphatic heterocycles. The summed E-state index contributed by atoms with van der Waals surface area (Å²) in [7, 11) is 0. The molecule has 0 radical (unpaired) electrons. The molecule has 0 spiro atoms. The van der Waals surface area contributed by atoms with E-state index in [1.165, 1.54) is 5.69 Å². The van der Waals surface area contributed by atoms with E-state index in [2.05, 4.69) is 44.5 Å². The first kappa shape index (κ1) is 12.5. The third kappa shape index (κ3) is 3.52. The van der Waals surface area contributed by atoms with Gasteiger partial charge >= 0.3 is 0 Å². The Hall–Kier alpha value is -1.97. The molecule has 0 bridgehead atoms. The smallest absolute Gasteiger partial charge is 0.0443 e. The standard InChI is InChI=1S/C13H17N5/c14-17-16-6-2-4-12-3-1-5-13(11-12)18-9-7-15-8-10-18/h1-5,11,15H,6-10H2. The molecular formula is C13H17N5. The fourth-order valence-corrected chi connectivity index (χ4v) is 2.02. The first-order chi connectivity index (χ1) is 8.90. The number of hydrogen-bond acceptors (Lipinski definition) is 3. The van der Waals surface area contributed by atoms with E-state index < -0.39 is 0 Å². The van der Waals surface area contributed by atoms with Gasteiger partial charge in [-0.3, -0.25) is 0 Å². The molecule has 0 amide bonds. The van der Waals surface area contributed by atoms with Crippen LogP contribution in [0.2, 0.25) is 0 Å². The van der Waals surface area contributed by atoms with Gasteiger partial charge in [0, 0.05) is 43.3 Å². The number of rotatable bonds is 4. The third-order valence-electron chi connectivity index (χ3n) is 2.91. The molecule has 1 aromatic rings. The van der Waals surface area contributed by atoms with Crippen molar-refractivity contribution in [2.24, 2.45) is 5.11 Å². The molecule has 1 aromatic carbocycles. The third-order valence-corrected chi connectivity index (χ3v) is 2.91. The van der Waals surface area contributed by atoms with Gasteiger partial charge in [0.15, 0.2) is 0 Å². The summed E-state index contributed by atoms with van der Waals surface area (Å²) >= 11 is 0. The van der Waals surface area contributed by atoms with Crippen molar-refractivity contribution < 1.29 is 0 Å². The Morgan fingerprint density at radius 2 is 2.22 bits per heavy atom. The number of piperazine rings is 1. The lowest BCUT2D eigenvalue weighted by atomic mass is 10.1. The van der Waals surface area contributed by atoms with E-state index >= 15 is 0 Å². The fraction of sp³-hybridized carbons (Fsp3) is 0.385. The number of azide groups is 1. The summed E-state index contributed by atoms with van der Waals surface area (Å²) in [5, 5.41) is 6.82. The minimum atomic E-state index is 0.397. The normalized spacial score (nSPS) is 15.7. The zero-order valence-electron chi connectivity index (χ0n) is 10.3. The number of nitrogens with one attached hydrogen (secondary N) is 1. The predicted molar refractivity (Wildman–Crippen MR) is 74.6 cm³/mol. The number of hydrogen-bond donors (Lipinski definition) is 1. The van der Waals surface area contributed by atoms with Crippen LogP contribution in [0.3, 0.4) is 0 Å². The maximum atomic E-state index is 8.19. The van der Waals surface area contributed by atoms with Crippen LogP contribution in [0, 0.1) is 0 Å². The molecule has 1 heterocycles. The van der Waals surface area contributed by atoms with Crippen molar-refractivity contribution in [3.63, 3.8) is 0 Å². The molecule has 1 N–H and O–H groups in total. The Labute approximate surface area is 107 Å². The van der Waals surface area contributed by atoms with E-state index in [0.29, 0.717) is 6.54 Å². The van der Waals surface area contributed by atoms with Crippen LogP contribution in [0.4, 0.5) is 5.69 Å². The molecule has 0 unspecified atom stereocenters. The van der Waals surface area contributed by atoms with Crippen LogP contribution in [-0.2, 0) is 0 Å². The lowest BCUT2D eigenvalue weighted by Crippen LogP contribution is -2.43. The highest BCUT2D eigenvalue weighted by Crippen LogP contribution is 2.17. The quantitative estimate of drug-likeness (QED) is 0.501. The van der Waals surface area contributed by atoms with Gasteiger partial charge in [-0.1, -0.05) is 29.4 Å². The van der Waals surface area contributed by atoms with E-state index in [0.717, 1.165) is 31.7 Å². The fourth-order valence-electron chi connectivity index (χ4n) is 2.02. The summed E-state index contributed by atoms with van der Waals surface area (Å²) in [6, 6.07) is 8.41. The average Bonchev–Trinajstić information content (AvgIpc) is 2.45. The lowest BCUT2D eigenvalue weighted by Gasteiger charge is -2.29. The van der Waals surface area contributed by atoms with E-state index in [1.807, 2.05) is 12.2 Å². The van der Waals surface area contributed by atoms with Gasteiger partial charge < -0.3 is 10.2 Å². The highest BCUT2D eigenvalue weighted by Gasteiger charge is 2.09. The van der Waals surface area contributed by atoms with Crippen LogP contribution >= 0.6 is 0 Å². The molecule has 2 rings (SSSR count). The topological polar surface area (TPSA) is 64.0 Å². The van der Waals surface area contributed by atoms with Crippen molar-refractivity contribution in [2.75, 3.05) is 37.6 Å². The van der Waals surface area contributed by atoms with Crippen LogP contribution < -0.4 is 10.2 Å². The zero-order chi connectivity index (χ0) is 12.6. The Morgan fingerprint density at radius 1 is 1.39 bits per heavy atom. The summed E-state index contributed by atoms with van der Waals surface area (Å²) in [4.78, 5) is 5.09. The summed E-state index contributed by atoms with van der Waals surface area (Å²) < 4.78 is 0. The van der Waals surface area contributed by atoms with E-state index in [1.54, 1.807) is 0 Å². The van der Waals surface area contributed by atoms with E-state index in [4.69, 9.17) is 5.53 Å². The van der Waals surface area contributed by atoms with E-state index in [9.17, 15) is 0 Å². The molecule has 18 heavy (non-hydrogen) atoms. The second kappa shape index (κ2) is 6.69. The predicted octanol–water partition coefficient (Wildman–Crippen LogP) is 2.42. The number of nitrogens with zero attached hydrogens (tertiary/aromatic N) is 4. The highest BCUT2D eigenvalue weighted by atomic mass is 15.2. The molecule has 0 aliphatic carbocycles. The van der Waals surface area contributed by atoms with Gasteiger partial charge in [-0.15, -0.1) is 0 Å². The SMILES string of the molecule is [N-]=[N+]=NCC=Cc1cccc(N2CCNCC2)c1. The van der Waals surface area contributed by atoms with Crippen LogP contribution in [0.1, 0.15) is 5.56 Å². The maximum absolute atomic E-state index is 8.19. The van der Waals surface area contributed by atoms with Crippen LogP contribution in [0.5, 0.6) is 0 Å². The minimum absolute atomic E-state index is 0.397. The van der Waals surface area contributed by atoms with Gasteiger partial charge in [0.2, 0.25) is 0 Å². The Morgan fingerprint density at radius 3 is 3.00 bits per heavy atom. The Bertz CT molecular complexity index is 456. The van der Waals surface area contributed by atoms with Crippen molar-refractivity contribution in [2.45, 2.75) is 0 Å². The molecule has 5 heteroatoms. The highest BCUT2D eigenvalue weighted by molar-refractivity contribution is 5.58. The largest absolute Gasteiger partial charge is 0.369 e. The summed E-state index contributed by atoms with van der Waals surface area (Å²) in [6.07, 6.45) is 3.86. The van der Waals surface area contributed by atoms with E-state index in [-0.39, 0.29) is 0 Å². The Kier molecular flexibility index (Phi) is 4.64. The molecule has 94 valence electrons. The molecule has 1 aliphatic rings. The molecule has 1 fully saturated rings. The molecule has 0 saturated carbocycles. The Balaban J connectivity index is 2.04. The van der Waals surface area contributed by atoms with Gasteiger partial charge in [-0.2, -0.15) is 0 Å². The first-order valence-corrected chi connectivity index (χ1v) is 6.13. The van der Waals surface area contributed by atoms with Gasteiger partial charge in [-0.25, -0.2) is 0 Å². The second-order valence-electron chi connectivity index (χ2n) is 4.15. The van der Waals surface area contributed by atoms with Crippen molar-refractivity contribution in [3.05, 3.63) is 46.3 Å². The molecule has 1 saturated heterocycles. The number of anilines is 1.